The van der Waals surface area contributed by atoms with Crippen LogP contribution in [0.3, 0.4) is 0 Å². The maximum absolute atomic E-state index is 12.8. The summed E-state index contributed by atoms with van der Waals surface area (Å²) >= 11 is 0. The number of esters is 1. The van der Waals surface area contributed by atoms with Gasteiger partial charge < -0.3 is 4.74 Å². The minimum absolute atomic E-state index is 0.0188. The largest absolute Gasteiger partial charge is 0.454 e. The van der Waals surface area contributed by atoms with E-state index in [-0.39, 0.29) is 28.1 Å². The van der Waals surface area contributed by atoms with Crippen LogP contribution in [0.5, 0.6) is 0 Å². The molecule has 0 amide bonds. The molecule has 5 rings (SSSR count). The van der Waals surface area contributed by atoms with Crippen LogP contribution >= 0.6 is 0 Å². The van der Waals surface area contributed by atoms with Gasteiger partial charge in [-0.15, -0.1) is 0 Å². The lowest BCUT2D eigenvalue weighted by molar-refractivity contribution is -0.186. The summed E-state index contributed by atoms with van der Waals surface area (Å²) in [5, 5.41) is 2.42. The molecule has 1 fully saturated rings. The second-order valence-corrected chi connectivity index (χ2v) is 14.9. The van der Waals surface area contributed by atoms with Gasteiger partial charge in [-0.2, -0.15) is 0 Å². The Morgan fingerprint density at radius 1 is 0.875 bits per heavy atom. The average Bonchev–Trinajstić information content (AvgIpc) is 2.90. The summed E-state index contributed by atoms with van der Waals surface area (Å²) in [6.07, 6.45) is 5.32. The maximum atomic E-state index is 12.8. The Bertz CT molecular complexity index is 1410. The standard InChI is InChI=1S/C38H50O2/c1-10-37(9)24-38(40-26(4)39,30-17-15-27-13-11-12-14-28(27)21-30)32(25(2)3)23-33(37)29-16-18-31-34(22-29)36(7,8)20-19-35(31,5)6/h11-18,21-22,25,32-33H,10,19-20,23-24H2,1-9H3. The van der Waals surface area contributed by atoms with Crippen LogP contribution in [0.4, 0.5) is 0 Å². The molecule has 0 bridgehead atoms. The Kier molecular flexibility index (Phi) is 7.25. The van der Waals surface area contributed by atoms with Gasteiger partial charge in [-0.1, -0.05) is 110 Å². The number of fused-ring (bicyclic) bond motifs is 2. The normalized spacial score (nSPS) is 29.2. The van der Waals surface area contributed by atoms with Gasteiger partial charge in [-0.05, 0) is 99.3 Å². The van der Waals surface area contributed by atoms with Crippen LogP contribution in [0.1, 0.15) is 123 Å². The highest BCUT2D eigenvalue weighted by Gasteiger charge is 2.56. The predicted octanol–water partition coefficient (Wildman–Crippen LogP) is 10.2. The Balaban J connectivity index is 1.66. The number of rotatable bonds is 5. The zero-order valence-electron chi connectivity index (χ0n) is 26.4. The summed E-state index contributed by atoms with van der Waals surface area (Å²) in [6.45, 7) is 20.6. The van der Waals surface area contributed by atoms with Gasteiger partial charge in [0.2, 0.25) is 0 Å². The van der Waals surface area contributed by atoms with Crippen molar-refractivity contribution in [3.63, 3.8) is 0 Å². The highest BCUT2D eigenvalue weighted by molar-refractivity contribution is 5.83. The van der Waals surface area contributed by atoms with Crippen molar-refractivity contribution in [2.24, 2.45) is 17.3 Å². The van der Waals surface area contributed by atoms with Gasteiger partial charge >= 0.3 is 5.97 Å². The molecular formula is C38H50O2. The van der Waals surface area contributed by atoms with E-state index in [1.165, 1.54) is 40.3 Å². The van der Waals surface area contributed by atoms with Gasteiger partial charge in [-0.25, -0.2) is 0 Å². The highest BCUT2D eigenvalue weighted by Crippen LogP contribution is 2.61. The molecule has 0 radical (unpaired) electrons. The van der Waals surface area contributed by atoms with Gasteiger partial charge in [0.25, 0.3) is 0 Å². The van der Waals surface area contributed by atoms with Gasteiger partial charge in [-0.3, -0.25) is 4.79 Å². The lowest BCUT2D eigenvalue weighted by Crippen LogP contribution is -2.52. The molecule has 4 unspecified atom stereocenters. The van der Waals surface area contributed by atoms with Crippen molar-refractivity contribution in [2.45, 2.75) is 117 Å². The first-order chi connectivity index (χ1) is 18.7. The zero-order chi connectivity index (χ0) is 29.1. The van der Waals surface area contributed by atoms with E-state index in [1.54, 1.807) is 6.92 Å². The molecule has 0 spiro atoms. The molecule has 2 aliphatic rings. The number of hydrogen-bond donors (Lipinski definition) is 0. The zero-order valence-corrected chi connectivity index (χ0v) is 26.4. The van der Waals surface area contributed by atoms with E-state index in [4.69, 9.17) is 4.74 Å². The van der Waals surface area contributed by atoms with Crippen LogP contribution in [-0.4, -0.2) is 5.97 Å². The minimum atomic E-state index is -0.652. The summed E-state index contributed by atoms with van der Waals surface area (Å²) in [6, 6.07) is 22.7. The monoisotopic (exact) mass is 538 g/mol. The SMILES string of the molecule is CCC1(C)CC(OC(C)=O)(c2ccc3ccccc3c2)C(C(C)C)CC1c1ccc2c(c1)C(C)(C)CCC2(C)C. The van der Waals surface area contributed by atoms with E-state index in [1.807, 2.05) is 0 Å². The van der Waals surface area contributed by atoms with Gasteiger partial charge in [0.05, 0.1) is 0 Å². The molecule has 214 valence electrons. The quantitative estimate of drug-likeness (QED) is 0.302. The van der Waals surface area contributed by atoms with Gasteiger partial charge in [0.1, 0.15) is 5.60 Å². The molecule has 1 saturated carbocycles. The topological polar surface area (TPSA) is 26.3 Å². The van der Waals surface area contributed by atoms with Gasteiger partial charge in [0, 0.05) is 12.8 Å². The van der Waals surface area contributed by atoms with E-state index in [9.17, 15) is 4.79 Å². The Labute approximate surface area is 242 Å². The maximum Gasteiger partial charge on any atom is 0.303 e. The average molecular weight is 539 g/mol. The van der Waals surface area contributed by atoms with Crippen LogP contribution in [-0.2, 0) is 26.0 Å². The summed E-state index contributed by atoms with van der Waals surface area (Å²) in [5.74, 6) is 0.791. The van der Waals surface area contributed by atoms with E-state index < -0.39 is 5.60 Å². The number of benzene rings is 3. The fourth-order valence-electron chi connectivity index (χ4n) is 8.32. The molecular weight excluding hydrogens is 488 g/mol. The molecule has 4 atom stereocenters. The van der Waals surface area contributed by atoms with Crippen molar-refractivity contribution in [3.05, 3.63) is 82.9 Å². The third kappa shape index (κ3) is 4.80. The Morgan fingerprint density at radius 3 is 2.15 bits per heavy atom. The highest BCUT2D eigenvalue weighted by atomic mass is 16.6. The number of carbonyl (C=O) groups excluding carboxylic acids is 1. The van der Waals surface area contributed by atoms with Gasteiger partial charge in [0.15, 0.2) is 0 Å². The Hall–Kier alpha value is -2.61. The van der Waals surface area contributed by atoms with Crippen molar-refractivity contribution in [1.29, 1.82) is 0 Å². The smallest absolute Gasteiger partial charge is 0.303 e. The molecule has 0 aliphatic heterocycles. The van der Waals surface area contributed by atoms with Crippen molar-refractivity contribution in [1.82, 2.24) is 0 Å². The molecule has 0 N–H and O–H groups in total. The van der Waals surface area contributed by atoms with E-state index in [0.717, 1.165) is 24.8 Å². The van der Waals surface area contributed by atoms with Crippen LogP contribution in [0.15, 0.2) is 60.7 Å². The van der Waals surface area contributed by atoms with Crippen molar-refractivity contribution in [2.75, 3.05) is 0 Å². The fraction of sp³-hybridized carbons (Fsp3) is 0.553. The summed E-state index contributed by atoms with van der Waals surface area (Å²) in [5.41, 5.74) is 5.39. The molecule has 2 heteroatoms. The van der Waals surface area contributed by atoms with E-state index >= 15 is 0 Å². The molecule has 0 saturated heterocycles. The molecule has 0 heterocycles. The molecule has 3 aromatic rings. The summed E-state index contributed by atoms with van der Waals surface area (Å²) < 4.78 is 6.58. The van der Waals surface area contributed by atoms with E-state index in [2.05, 4.69) is 116 Å². The molecule has 2 nitrogen and oxygen atoms in total. The summed E-state index contributed by atoms with van der Waals surface area (Å²) in [7, 11) is 0. The third-order valence-electron chi connectivity index (χ3n) is 11.1. The van der Waals surface area contributed by atoms with Crippen molar-refractivity contribution < 1.29 is 9.53 Å². The first-order valence-corrected chi connectivity index (χ1v) is 15.6. The molecule has 3 aromatic carbocycles. The lowest BCUT2D eigenvalue weighted by Gasteiger charge is -2.56. The molecule has 0 aromatic heterocycles. The van der Waals surface area contributed by atoms with Crippen LogP contribution in [0.25, 0.3) is 10.8 Å². The lowest BCUT2D eigenvalue weighted by atomic mass is 9.52. The first-order valence-electron chi connectivity index (χ1n) is 15.6. The Morgan fingerprint density at radius 2 is 1.52 bits per heavy atom. The summed E-state index contributed by atoms with van der Waals surface area (Å²) in [4.78, 5) is 12.8. The van der Waals surface area contributed by atoms with E-state index in [0.29, 0.717) is 11.8 Å². The van der Waals surface area contributed by atoms with Crippen molar-refractivity contribution >= 4 is 16.7 Å². The molecule has 2 aliphatic carbocycles. The second kappa shape index (κ2) is 10.0. The van der Waals surface area contributed by atoms with Crippen LogP contribution in [0, 0.1) is 17.3 Å². The number of hydrogen-bond acceptors (Lipinski definition) is 2. The third-order valence-corrected chi connectivity index (χ3v) is 11.1. The van der Waals surface area contributed by atoms with Crippen molar-refractivity contribution in [3.8, 4) is 0 Å². The number of carbonyl (C=O) groups is 1. The second-order valence-electron chi connectivity index (χ2n) is 14.9. The predicted molar refractivity (Wildman–Crippen MR) is 168 cm³/mol. The van der Waals surface area contributed by atoms with Crippen LogP contribution in [0.2, 0.25) is 0 Å². The first kappa shape index (κ1) is 28.9. The molecule has 40 heavy (non-hydrogen) atoms. The fourth-order valence-corrected chi connectivity index (χ4v) is 8.32. The minimum Gasteiger partial charge on any atom is -0.454 e. The number of ether oxygens (including phenoxy) is 1. The van der Waals surface area contributed by atoms with Crippen LogP contribution < -0.4 is 0 Å².